The Balaban J connectivity index is 1.80. The highest BCUT2D eigenvalue weighted by Crippen LogP contribution is 2.22. The largest absolute Gasteiger partial charge is 0.396 e. The molecule has 0 aliphatic rings. The van der Waals surface area contributed by atoms with Crippen molar-refractivity contribution in [1.82, 2.24) is 0 Å². The molecule has 2 aromatic rings. The standard InChI is InChI=1S/C15H14F2N2OS/c16-10-2-1-3-11(8-10)19-15(20)6-7-21-12-4-5-14(18)13(17)9-12/h1-5,8-9H,6-7,18H2,(H,19,20). The first-order valence-corrected chi connectivity index (χ1v) is 7.26. The molecule has 0 aliphatic heterocycles. The Hall–Kier alpha value is -2.08. The molecule has 1 amide bonds. The zero-order valence-electron chi connectivity index (χ0n) is 11.1. The molecule has 3 N–H and O–H groups in total. The highest BCUT2D eigenvalue weighted by molar-refractivity contribution is 7.99. The van der Waals surface area contributed by atoms with Gasteiger partial charge >= 0.3 is 0 Å². The number of carbonyl (C=O) groups is 1. The Morgan fingerprint density at radius 1 is 1.19 bits per heavy atom. The topological polar surface area (TPSA) is 55.1 Å². The van der Waals surface area contributed by atoms with Gasteiger partial charge in [0.2, 0.25) is 5.91 Å². The second-order valence-electron chi connectivity index (χ2n) is 4.34. The predicted molar refractivity (Wildman–Crippen MR) is 81.2 cm³/mol. The van der Waals surface area contributed by atoms with Crippen molar-refractivity contribution in [2.45, 2.75) is 11.3 Å². The summed E-state index contributed by atoms with van der Waals surface area (Å²) in [7, 11) is 0. The van der Waals surface area contributed by atoms with E-state index in [-0.39, 0.29) is 18.0 Å². The lowest BCUT2D eigenvalue weighted by Gasteiger charge is -2.06. The quantitative estimate of drug-likeness (QED) is 0.654. The molecule has 21 heavy (non-hydrogen) atoms. The fraction of sp³-hybridized carbons (Fsp3) is 0.133. The van der Waals surface area contributed by atoms with Gasteiger partial charge in [0.25, 0.3) is 0 Å². The van der Waals surface area contributed by atoms with Crippen LogP contribution in [-0.2, 0) is 4.79 Å². The van der Waals surface area contributed by atoms with Crippen LogP contribution in [0.1, 0.15) is 6.42 Å². The normalized spacial score (nSPS) is 10.4. The second kappa shape index (κ2) is 7.08. The van der Waals surface area contributed by atoms with Crippen LogP contribution in [0.5, 0.6) is 0 Å². The molecule has 2 aromatic carbocycles. The first-order chi connectivity index (χ1) is 10.0. The summed E-state index contributed by atoms with van der Waals surface area (Å²) in [4.78, 5) is 12.4. The highest BCUT2D eigenvalue weighted by Gasteiger charge is 2.05. The minimum Gasteiger partial charge on any atom is -0.396 e. The number of carbonyl (C=O) groups excluding carboxylic acids is 1. The first kappa shape index (κ1) is 15.3. The summed E-state index contributed by atoms with van der Waals surface area (Å²) in [5.74, 6) is -0.599. The Labute approximate surface area is 125 Å². The lowest BCUT2D eigenvalue weighted by Crippen LogP contribution is -2.12. The number of halogens is 2. The number of nitrogens with two attached hydrogens (primary N) is 1. The van der Waals surface area contributed by atoms with Gasteiger partial charge in [-0.25, -0.2) is 8.78 Å². The van der Waals surface area contributed by atoms with E-state index in [1.165, 1.54) is 42.1 Å². The minimum absolute atomic E-state index is 0.100. The predicted octanol–water partition coefficient (Wildman–Crippen LogP) is 3.67. The van der Waals surface area contributed by atoms with Gasteiger partial charge in [-0.15, -0.1) is 11.8 Å². The number of thioether (sulfide) groups is 1. The third-order valence-electron chi connectivity index (χ3n) is 2.68. The van der Waals surface area contributed by atoms with Crippen molar-refractivity contribution in [2.75, 3.05) is 16.8 Å². The minimum atomic E-state index is -0.468. The molecule has 0 atom stereocenters. The molecular formula is C15H14F2N2OS. The molecule has 0 heterocycles. The maximum Gasteiger partial charge on any atom is 0.225 e. The van der Waals surface area contributed by atoms with Crippen molar-refractivity contribution in [3.63, 3.8) is 0 Å². The number of rotatable bonds is 5. The molecular weight excluding hydrogens is 294 g/mol. The third kappa shape index (κ3) is 4.75. The number of hydrogen-bond donors (Lipinski definition) is 2. The molecule has 2 rings (SSSR count). The Morgan fingerprint density at radius 3 is 2.71 bits per heavy atom. The van der Waals surface area contributed by atoms with Crippen LogP contribution in [0.2, 0.25) is 0 Å². The molecule has 0 fully saturated rings. The van der Waals surface area contributed by atoms with E-state index in [2.05, 4.69) is 5.32 Å². The SMILES string of the molecule is Nc1ccc(SCCC(=O)Nc2cccc(F)c2)cc1F. The van der Waals surface area contributed by atoms with Gasteiger partial charge < -0.3 is 11.1 Å². The van der Waals surface area contributed by atoms with Crippen LogP contribution in [0.3, 0.4) is 0 Å². The van der Waals surface area contributed by atoms with Gasteiger partial charge in [0, 0.05) is 22.8 Å². The van der Waals surface area contributed by atoms with Gasteiger partial charge in [0.15, 0.2) is 0 Å². The zero-order valence-corrected chi connectivity index (χ0v) is 11.9. The van der Waals surface area contributed by atoms with E-state index in [4.69, 9.17) is 5.73 Å². The Bertz CT molecular complexity index is 649. The lowest BCUT2D eigenvalue weighted by atomic mass is 10.3. The van der Waals surface area contributed by atoms with Crippen LogP contribution < -0.4 is 11.1 Å². The van der Waals surface area contributed by atoms with E-state index in [0.717, 1.165) is 0 Å². The number of nitrogens with one attached hydrogen (secondary N) is 1. The summed E-state index contributed by atoms with van der Waals surface area (Å²) < 4.78 is 26.2. The average molecular weight is 308 g/mol. The molecule has 0 unspecified atom stereocenters. The van der Waals surface area contributed by atoms with E-state index in [1.807, 2.05) is 0 Å². The molecule has 110 valence electrons. The monoisotopic (exact) mass is 308 g/mol. The van der Waals surface area contributed by atoms with Crippen LogP contribution in [0, 0.1) is 11.6 Å². The first-order valence-electron chi connectivity index (χ1n) is 6.28. The summed E-state index contributed by atoms with van der Waals surface area (Å²) in [6.45, 7) is 0. The van der Waals surface area contributed by atoms with Crippen molar-refractivity contribution < 1.29 is 13.6 Å². The van der Waals surface area contributed by atoms with Crippen molar-refractivity contribution in [1.29, 1.82) is 0 Å². The number of benzene rings is 2. The van der Waals surface area contributed by atoms with Gasteiger partial charge in [0.05, 0.1) is 5.69 Å². The van der Waals surface area contributed by atoms with Crippen LogP contribution in [0.25, 0.3) is 0 Å². The van der Waals surface area contributed by atoms with Crippen LogP contribution in [0.4, 0.5) is 20.2 Å². The molecule has 6 heteroatoms. The van der Waals surface area contributed by atoms with E-state index in [0.29, 0.717) is 16.3 Å². The fourth-order valence-electron chi connectivity index (χ4n) is 1.65. The van der Waals surface area contributed by atoms with Gasteiger partial charge in [-0.1, -0.05) is 6.07 Å². The number of hydrogen-bond acceptors (Lipinski definition) is 3. The highest BCUT2D eigenvalue weighted by atomic mass is 32.2. The summed E-state index contributed by atoms with van der Waals surface area (Å²) in [6, 6.07) is 10.2. The molecule has 0 radical (unpaired) electrons. The molecule has 0 saturated heterocycles. The zero-order chi connectivity index (χ0) is 15.2. The Kier molecular flexibility index (Phi) is 5.16. The maximum atomic E-state index is 13.2. The van der Waals surface area contributed by atoms with Crippen LogP contribution >= 0.6 is 11.8 Å². The van der Waals surface area contributed by atoms with Crippen molar-refractivity contribution in [2.24, 2.45) is 0 Å². The van der Waals surface area contributed by atoms with Crippen LogP contribution in [0.15, 0.2) is 47.4 Å². The molecule has 0 aliphatic carbocycles. The Morgan fingerprint density at radius 2 is 2.00 bits per heavy atom. The van der Waals surface area contributed by atoms with Crippen LogP contribution in [-0.4, -0.2) is 11.7 Å². The summed E-state index contributed by atoms with van der Waals surface area (Å²) in [6.07, 6.45) is 0.243. The van der Waals surface area contributed by atoms with E-state index in [1.54, 1.807) is 12.1 Å². The number of nitrogen functional groups attached to an aromatic ring is 1. The molecule has 0 saturated carbocycles. The summed E-state index contributed by atoms with van der Waals surface area (Å²) in [5.41, 5.74) is 5.90. The molecule has 3 nitrogen and oxygen atoms in total. The average Bonchev–Trinajstić information content (AvgIpc) is 2.43. The summed E-state index contributed by atoms with van der Waals surface area (Å²) >= 11 is 1.35. The molecule has 0 spiro atoms. The number of anilines is 2. The second-order valence-corrected chi connectivity index (χ2v) is 5.51. The third-order valence-corrected chi connectivity index (χ3v) is 3.67. The molecule has 0 bridgehead atoms. The molecule has 0 aromatic heterocycles. The van der Waals surface area contributed by atoms with E-state index < -0.39 is 11.6 Å². The van der Waals surface area contributed by atoms with Crippen molar-refractivity contribution in [3.8, 4) is 0 Å². The van der Waals surface area contributed by atoms with Crippen molar-refractivity contribution in [3.05, 3.63) is 54.1 Å². The smallest absolute Gasteiger partial charge is 0.225 e. The van der Waals surface area contributed by atoms with Gasteiger partial charge in [0.1, 0.15) is 11.6 Å². The number of amides is 1. The van der Waals surface area contributed by atoms with Gasteiger partial charge in [-0.2, -0.15) is 0 Å². The van der Waals surface area contributed by atoms with Crippen molar-refractivity contribution >= 4 is 29.0 Å². The van der Waals surface area contributed by atoms with Gasteiger partial charge in [-0.3, -0.25) is 4.79 Å². The maximum absolute atomic E-state index is 13.2. The van der Waals surface area contributed by atoms with E-state index in [9.17, 15) is 13.6 Å². The fourth-order valence-corrected chi connectivity index (χ4v) is 2.52. The van der Waals surface area contributed by atoms with E-state index >= 15 is 0 Å². The van der Waals surface area contributed by atoms with Gasteiger partial charge in [-0.05, 0) is 36.4 Å². The summed E-state index contributed by atoms with van der Waals surface area (Å²) in [5, 5.41) is 2.60. The lowest BCUT2D eigenvalue weighted by molar-refractivity contribution is -0.115.